The molecule has 170 valence electrons. The Morgan fingerprint density at radius 2 is 1.97 bits per heavy atom. The molecule has 2 aliphatic carbocycles. The first-order chi connectivity index (χ1) is 14.6. The van der Waals surface area contributed by atoms with Gasteiger partial charge in [0, 0.05) is 25.6 Å². The van der Waals surface area contributed by atoms with Gasteiger partial charge in [0.1, 0.15) is 12.0 Å². The fraction of sp³-hybridized carbons (Fsp3) is 0.591. The molecule has 1 fully saturated rings. The van der Waals surface area contributed by atoms with E-state index in [2.05, 4.69) is 27.4 Å². The van der Waals surface area contributed by atoms with Crippen LogP contribution in [0.3, 0.4) is 0 Å². The third-order valence-corrected chi connectivity index (χ3v) is 4.52. The van der Waals surface area contributed by atoms with E-state index in [-0.39, 0.29) is 12.5 Å². The van der Waals surface area contributed by atoms with Gasteiger partial charge in [0.05, 0.1) is 32.4 Å². The number of nitrogens with one attached hydrogen (secondary N) is 2. The second-order valence-corrected chi connectivity index (χ2v) is 6.72. The second kappa shape index (κ2) is 18.7. The lowest BCUT2D eigenvalue weighted by Crippen LogP contribution is -2.27. The number of hydrogen-bond donors (Lipinski definition) is 3. The summed E-state index contributed by atoms with van der Waals surface area (Å²) in [5.74, 6) is 0.640. The normalized spacial score (nSPS) is 20.2. The summed E-state index contributed by atoms with van der Waals surface area (Å²) in [5, 5.41) is 15.5. The molecule has 3 N–H and O–H groups in total. The van der Waals surface area contributed by atoms with Crippen LogP contribution in [-0.2, 0) is 0 Å². The molecule has 0 aromatic heterocycles. The molecule has 0 saturated heterocycles. The number of rotatable bonds is 7. The SMILES string of the molecule is C=C(/C=N\NC)C(=NC1CCCCC1)NC=NC.CF.OCC(F)C1C=CC=CC1. The highest BCUT2D eigenvalue weighted by Crippen LogP contribution is 2.20. The molecule has 2 rings (SSSR count). The van der Waals surface area contributed by atoms with Crippen LogP contribution in [0.15, 0.2) is 51.5 Å². The molecule has 2 aliphatic rings. The van der Waals surface area contributed by atoms with E-state index >= 15 is 0 Å². The molecule has 8 heteroatoms. The number of allylic oxidation sites excluding steroid dienone is 4. The molecule has 0 spiro atoms. The lowest BCUT2D eigenvalue weighted by Gasteiger charge is -2.19. The highest BCUT2D eigenvalue weighted by atomic mass is 19.1. The van der Waals surface area contributed by atoms with Gasteiger partial charge in [-0.3, -0.25) is 14.4 Å². The van der Waals surface area contributed by atoms with Crippen molar-refractivity contribution in [2.45, 2.75) is 50.7 Å². The summed E-state index contributed by atoms with van der Waals surface area (Å²) >= 11 is 0. The lowest BCUT2D eigenvalue weighted by atomic mass is 9.96. The summed E-state index contributed by atoms with van der Waals surface area (Å²) < 4.78 is 22.2. The molecule has 2 unspecified atom stereocenters. The van der Waals surface area contributed by atoms with E-state index in [1.54, 1.807) is 32.7 Å². The van der Waals surface area contributed by atoms with Crippen LogP contribution in [0.4, 0.5) is 8.78 Å². The van der Waals surface area contributed by atoms with Gasteiger partial charge in [0.2, 0.25) is 0 Å². The van der Waals surface area contributed by atoms with Gasteiger partial charge in [-0.25, -0.2) is 4.39 Å². The number of amidine groups is 1. The number of aliphatic hydroxyl groups excluding tert-OH is 1. The van der Waals surface area contributed by atoms with Crippen molar-refractivity contribution in [2.24, 2.45) is 21.0 Å². The molecule has 1 saturated carbocycles. The number of aliphatic imine (C=N–C) groups is 2. The van der Waals surface area contributed by atoms with Gasteiger partial charge in [-0.15, -0.1) is 0 Å². The molecular formula is C22H37F2N5O. The van der Waals surface area contributed by atoms with E-state index in [0.29, 0.717) is 19.6 Å². The summed E-state index contributed by atoms with van der Waals surface area (Å²) in [6.07, 6.45) is 16.5. The van der Waals surface area contributed by atoms with E-state index in [1.165, 1.54) is 19.3 Å². The van der Waals surface area contributed by atoms with Crippen LogP contribution in [0.1, 0.15) is 38.5 Å². The Morgan fingerprint density at radius 3 is 2.50 bits per heavy atom. The maximum absolute atomic E-state index is 12.7. The number of aliphatic hydroxyl groups is 1. The van der Waals surface area contributed by atoms with Crippen molar-refractivity contribution in [3.63, 3.8) is 0 Å². The average Bonchev–Trinajstić information content (AvgIpc) is 2.82. The quantitative estimate of drug-likeness (QED) is 0.330. The van der Waals surface area contributed by atoms with Gasteiger partial charge in [-0.05, 0) is 19.3 Å². The summed E-state index contributed by atoms with van der Waals surface area (Å²) in [7, 11) is 3.97. The maximum Gasteiger partial charge on any atom is 0.134 e. The van der Waals surface area contributed by atoms with Crippen LogP contribution in [0.5, 0.6) is 0 Å². The Labute approximate surface area is 179 Å². The van der Waals surface area contributed by atoms with Gasteiger partial charge in [-0.2, -0.15) is 5.10 Å². The van der Waals surface area contributed by atoms with Crippen LogP contribution >= 0.6 is 0 Å². The molecule has 6 nitrogen and oxygen atoms in total. The minimum atomic E-state index is -1.10. The molecule has 0 aliphatic heterocycles. The van der Waals surface area contributed by atoms with Crippen LogP contribution in [0.2, 0.25) is 0 Å². The van der Waals surface area contributed by atoms with E-state index in [1.807, 2.05) is 18.2 Å². The zero-order valence-electron chi connectivity index (χ0n) is 18.4. The Balaban J connectivity index is 0.000000590. The smallest absolute Gasteiger partial charge is 0.134 e. The van der Waals surface area contributed by atoms with Crippen molar-refractivity contribution in [2.75, 3.05) is 27.9 Å². The number of hydrogen-bond acceptors (Lipinski definition) is 5. The summed E-state index contributed by atoms with van der Waals surface area (Å²) in [6, 6.07) is 0.395. The number of halogens is 2. The monoisotopic (exact) mass is 425 g/mol. The highest BCUT2D eigenvalue weighted by Gasteiger charge is 2.16. The van der Waals surface area contributed by atoms with Crippen LogP contribution in [0, 0.1) is 5.92 Å². The summed E-state index contributed by atoms with van der Waals surface area (Å²) in [4.78, 5) is 8.63. The largest absolute Gasteiger partial charge is 0.393 e. The van der Waals surface area contributed by atoms with Gasteiger partial charge >= 0.3 is 0 Å². The molecule has 0 bridgehead atoms. The van der Waals surface area contributed by atoms with E-state index in [9.17, 15) is 8.78 Å². The molecule has 0 amide bonds. The van der Waals surface area contributed by atoms with Gasteiger partial charge < -0.3 is 15.8 Å². The Hall–Kier alpha value is -2.35. The van der Waals surface area contributed by atoms with E-state index < -0.39 is 6.17 Å². The first-order valence-electron chi connectivity index (χ1n) is 10.2. The maximum atomic E-state index is 12.7. The first kappa shape index (κ1) is 27.6. The standard InChI is InChI=1S/C13H23N5.C8H11FO.CH3F/c1-11(9-17-15-3)13(16-10-14-2)18-12-7-5-4-6-8-12;9-8(6-10)7-4-2-1-3-5-7;1-2/h9-10,12,15H,1,4-8H2,2-3H3,(H,14,16,18);1-4,7-8,10H,5-6H2;1H3/b17-9-;;. The predicted octanol–water partition coefficient (Wildman–Crippen LogP) is 3.76. The Kier molecular flexibility index (Phi) is 17.2. The van der Waals surface area contributed by atoms with Crippen molar-refractivity contribution in [3.8, 4) is 0 Å². The Morgan fingerprint density at radius 1 is 1.27 bits per heavy atom. The number of nitrogens with zero attached hydrogens (tertiary/aromatic N) is 3. The van der Waals surface area contributed by atoms with Crippen molar-refractivity contribution in [3.05, 3.63) is 36.5 Å². The zero-order valence-corrected chi connectivity index (χ0v) is 18.4. The number of alkyl halides is 2. The van der Waals surface area contributed by atoms with Crippen LogP contribution < -0.4 is 10.7 Å². The minimum absolute atomic E-state index is 0.116. The van der Waals surface area contributed by atoms with Gasteiger partial charge in [0.25, 0.3) is 0 Å². The minimum Gasteiger partial charge on any atom is -0.393 e. The van der Waals surface area contributed by atoms with Crippen LogP contribution in [-0.4, -0.2) is 63.6 Å². The molecule has 0 aromatic rings. The highest BCUT2D eigenvalue weighted by molar-refractivity contribution is 6.17. The summed E-state index contributed by atoms with van der Waals surface area (Å²) in [6.45, 7) is 3.59. The molecule has 2 atom stereocenters. The van der Waals surface area contributed by atoms with Crippen molar-refractivity contribution < 1.29 is 13.9 Å². The zero-order chi connectivity index (χ0) is 22.6. The third kappa shape index (κ3) is 12.3. The summed E-state index contributed by atoms with van der Waals surface area (Å²) in [5.41, 5.74) is 3.46. The van der Waals surface area contributed by atoms with Crippen molar-refractivity contribution in [1.82, 2.24) is 10.7 Å². The molecule has 0 radical (unpaired) electrons. The Bertz CT molecular complexity index is 596. The molecule has 0 heterocycles. The molecular weight excluding hydrogens is 388 g/mol. The fourth-order valence-corrected chi connectivity index (χ4v) is 2.94. The number of hydrazone groups is 1. The lowest BCUT2D eigenvalue weighted by molar-refractivity contribution is 0.144. The average molecular weight is 426 g/mol. The van der Waals surface area contributed by atoms with Gasteiger partial charge in [0.15, 0.2) is 0 Å². The van der Waals surface area contributed by atoms with Crippen molar-refractivity contribution in [1.29, 1.82) is 0 Å². The van der Waals surface area contributed by atoms with E-state index in [0.717, 1.165) is 24.3 Å². The fourth-order valence-electron chi connectivity index (χ4n) is 2.94. The second-order valence-electron chi connectivity index (χ2n) is 6.72. The topological polar surface area (TPSA) is 81.4 Å². The molecule has 0 aromatic carbocycles. The molecule has 30 heavy (non-hydrogen) atoms. The van der Waals surface area contributed by atoms with Crippen molar-refractivity contribution >= 4 is 18.4 Å². The first-order valence-corrected chi connectivity index (χ1v) is 10.2. The predicted molar refractivity (Wildman–Crippen MR) is 124 cm³/mol. The third-order valence-electron chi connectivity index (χ3n) is 4.52. The van der Waals surface area contributed by atoms with E-state index in [4.69, 9.17) is 10.1 Å². The van der Waals surface area contributed by atoms with Crippen LogP contribution in [0.25, 0.3) is 0 Å². The van der Waals surface area contributed by atoms with Gasteiger partial charge in [-0.1, -0.05) is 50.1 Å².